The molecular formula is C13H18N2O4. The lowest BCUT2D eigenvalue weighted by Gasteiger charge is -2.26. The van der Waals surface area contributed by atoms with Gasteiger partial charge in [0.15, 0.2) is 5.79 Å². The van der Waals surface area contributed by atoms with Crippen LogP contribution in [0, 0.1) is 0 Å². The van der Waals surface area contributed by atoms with Crippen molar-refractivity contribution < 1.29 is 19.0 Å². The Balaban J connectivity index is 1.65. The van der Waals surface area contributed by atoms with Gasteiger partial charge in [-0.3, -0.25) is 0 Å². The molecule has 0 unspecified atom stereocenters. The second-order valence-corrected chi connectivity index (χ2v) is 5.32. The first-order valence-electron chi connectivity index (χ1n) is 6.62. The van der Waals surface area contributed by atoms with Gasteiger partial charge >= 0.3 is 6.09 Å². The number of carbonyl (C=O) groups is 1. The maximum Gasteiger partial charge on any atom is 0.419 e. The summed E-state index contributed by atoms with van der Waals surface area (Å²) in [6.45, 7) is 3.79. The Bertz CT molecular complexity index is 461. The van der Waals surface area contributed by atoms with E-state index in [1.165, 1.54) is 17.1 Å². The molecule has 6 heteroatoms. The molecule has 2 aliphatic rings. The summed E-state index contributed by atoms with van der Waals surface area (Å²) >= 11 is 0. The minimum absolute atomic E-state index is 0.0179. The smallest absolute Gasteiger partial charge is 0.419 e. The molecule has 3 rings (SSSR count). The predicted octanol–water partition coefficient (Wildman–Crippen LogP) is 1.94. The van der Waals surface area contributed by atoms with Crippen molar-refractivity contribution in [1.29, 1.82) is 0 Å². The first-order chi connectivity index (χ1) is 9.07. The van der Waals surface area contributed by atoms with Gasteiger partial charge in [0.05, 0.1) is 6.10 Å². The molecule has 6 nitrogen and oxygen atoms in total. The number of aromatic nitrogens is 2. The van der Waals surface area contributed by atoms with Gasteiger partial charge in [-0.2, -0.15) is 0 Å². The Hall–Kier alpha value is -1.40. The summed E-state index contributed by atoms with van der Waals surface area (Å²) in [6.07, 6.45) is 6.47. The molecule has 2 aliphatic heterocycles. The Morgan fingerprint density at radius 3 is 3.11 bits per heavy atom. The van der Waals surface area contributed by atoms with Crippen LogP contribution in [0.15, 0.2) is 18.7 Å². The maximum absolute atomic E-state index is 11.8. The molecule has 2 bridgehead atoms. The topological polar surface area (TPSA) is 62.6 Å². The average molecular weight is 266 g/mol. The molecular weight excluding hydrogens is 248 g/mol. The van der Waals surface area contributed by atoms with Gasteiger partial charge in [0.2, 0.25) is 0 Å². The van der Waals surface area contributed by atoms with E-state index in [1.807, 2.05) is 13.8 Å². The van der Waals surface area contributed by atoms with E-state index in [0.29, 0.717) is 0 Å². The van der Waals surface area contributed by atoms with Crippen molar-refractivity contribution in [3.05, 3.63) is 18.7 Å². The SMILES string of the molecule is C[C@H](OC(=O)n1ccnc1)[C@@H]1O[C@@]2(C)CCC[C@@H]1O2. The second kappa shape index (κ2) is 4.61. The largest absolute Gasteiger partial charge is 0.443 e. The van der Waals surface area contributed by atoms with Crippen LogP contribution in [-0.2, 0) is 14.2 Å². The average Bonchev–Trinajstić information content (AvgIpc) is 2.96. The lowest BCUT2D eigenvalue weighted by Crippen LogP contribution is -2.37. The third kappa shape index (κ3) is 2.37. The number of hydrogen-bond donors (Lipinski definition) is 0. The lowest BCUT2D eigenvalue weighted by atomic mass is 10.0. The quantitative estimate of drug-likeness (QED) is 0.818. The summed E-state index contributed by atoms with van der Waals surface area (Å²) in [5.41, 5.74) is 0. The second-order valence-electron chi connectivity index (χ2n) is 5.32. The van der Waals surface area contributed by atoms with Crippen molar-refractivity contribution in [2.45, 2.75) is 57.2 Å². The normalized spacial score (nSPS) is 35.1. The highest BCUT2D eigenvalue weighted by molar-refractivity contribution is 5.70. The Morgan fingerprint density at radius 1 is 1.58 bits per heavy atom. The van der Waals surface area contributed by atoms with Crippen LogP contribution >= 0.6 is 0 Å². The highest BCUT2D eigenvalue weighted by atomic mass is 16.8. The van der Waals surface area contributed by atoms with Crippen LogP contribution in [0.5, 0.6) is 0 Å². The minimum Gasteiger partial charge on any atom is -0.443 e. The van der Waals surface area contributed by atoms with Crippen LogP contribution in [0.1, 0.15) is 33.1 Å². The number of imidazole rings is 1. The van der Waals surface area contributed by atoms with Gasteiger partial charge in [-0.15, -0.1) is 0 Å². The van der Waals surface area contributed by atoms with Crippen LogP contribution in [0.2, 0.25) is 0 Å². The van der Waals surface area contributed by atoms with Gasteiger partial charge in [-0.1, -0.05) is 0 Å². The van der Waals surface area contributed by atoms with E-state index < -0.39 is 11.9 Å². The highest BCUT2D eigenvalue weighted by Gasteiger charge is 2.49. The van der Waals surface area contributed by atoms with Crippen LogP contribution in [-0.4, -0.2) is 39.7 Å². The van der Waals surface area contributed by atoms with Gasteiger partial charge in [0.1, 0.15) is 18.5 Å². The molecule has 1 aromatic heterocycles. The van der Waals surface area contributed by atoms with E-state index in [4.69, 9.17) is 14.2 Å². The highest BCUT2D eigenvalue weighted by Crippen LogP contribution is 2.41. The zero-order valence-corrected chi connectivity index (χ0v) is 11.1. The molecule has 0 spiro atoms. The molecule has 0 amide bonds. The molecule has 19 heavy (non-hydrogen) atoms. The fourth-order valence-electron chi connectivity index (χ4n) is 2.80. The van der Waals surface area contributed by atoms with Gasteiger partial charge in [-0.05, 0) is 26.7 Å². The third-order valence-corrected chi connectivity index (χ3v) is 3.74. The summed E-state index contributed by atoms with van der Waals surface area (Å²) in [5, 5.41) is 0. The van der Waals surface area contributed by atoms with E-state index in [1.54, 1.807) is 6.20 Å². The zero-order chi connectivity index (χ0) is 13.5. The molecule has 0 aliphatic carbocycles. The molecule has 104 valence electrons. The zero-order valence-electron chi connectivity index (χ0n) is 11.1. The first-order valence-corrected chi connectivity index (χ1v) is 6.62. The molecule has 2 saturated heterocycles. The molecule has 3 heterocycles. The van der Waals surface area contributed by atoms with Gasteiger partial charge in [0, 0.05) is 18.8 Å². The molecule has 1 aromatic rings. The van der Waals surface area contributed by atoms with Crippen LogP contribution in [0.3, 0.4) is 0 Å². The molecule has 2 fully saturated rings. The Labute approximate surface area is 111 Å². The minimum atomic E-state index is -0.511. The number of rotatable bonds is 2. The molecule has 0 aromatic carbocycles. The van der Waals surface area contributed by atoms with Gasteiger partial charge in [0.25, 0.3) is 0 Å². The number of ether oxygens (including phenoxy) is 3. The van der Waals surface area contributed by atoms with Gasteiger partial charge in [-0.25, -0.2) is 14.3 Å². The third-order valence-electron chi connectivity index (χ3n) is 3.74. The predicted molar refractivity (Wildman–Crippen MR) is 65.6 cm³/mol. The number of nitrogens with zero attached hydrogens (tertiary/aromatic N) is 2. The van der Waals surface area contributed by atoms with Crippen molar-refractivity contribution >= 4 is 6.09 Å². The molecule has 0 saturated carbocycles. The van der Waals surface area contributed by atoms with E-state index >= 15 is 0 Å². The van der Waals surface area contributed by atoms with Crippen molar-refractivity contribution in [1.82, 2.24) is 9.55 Å². The van der Waals surface area contributed by atoms with Gasteiger partial charge < -0.3 is 14.2 Å². The molecule has 0 N–H and O–H groups in total. The first kappa shape index (κ1) is 12.6. The van der Waals surface area contributed by atoms with Crippen molar-refractivity contribution in [3.8, 4) is 0 Å². The van der Waals surface area contributed by atoms with E-state index in [0.717, 1.165) is 19.3 Å². The summed E-state index contributed by atoms with van der Waals surface area (Å²) in [4.78, 5) is 15.7. The maximum atomic E-state index is 11.8. The van der Waals surface area contributed by atoms with Crippen molar-refractivity contribution in [2.75, 3.05) is 0 Å². The summed E-state index contributed by atoms with van der Waals surface area (Å²) in [6, 6.07) is 0. The molecule has 4 atom stereocenters. The van der Waals surface area contributed by atoms with E-state index in [9.17, 15) is 4.79 Å². The van der Waals surface area contributed by atoms with Crippen LogP contribution in [0.25, 0.3) is 0 Å². The monoisotopic (exact) mass is 266 g/mol. The van der Waals surface area contributed by atoms with Crippen LogP contribution in [0.4, 0.5) is 4.79 Å². The Kier molecular flexibility index (Phi) is 3.06. The summed E-state index contributed by atoms with van der Waals surface area (Å²) in [7, 11) is 0. The standard InChI is InChI=1S/C13H18N2O4/c1-9(17-12(16)15-7-6-14-8-15)11-10-4-3-5-13(2,18-10)19-11/h6-11H,3-5H2,1-2H3/t9-,10-,11-,13-/m0/s1. The van der Waals surface area contributed by atoms with Crippen molar-refractivity contribution in [2.24, 2.45) is 0 Å². The Morgan fingerprint density at radius 2 is 2.42 bits per heavy atom. The fourth-order valence-corrected chi connectivity index (χ4v) is 2.80. The summed E-state index contributed by atoms with van der Waals surface area (Å²) < 4.78 is 18.5. The number of hydrogen-bond acceptors (Lipinski definition) is 5. The number of carbonyl (C=O) groups excluding carboxylic acids is 1. The van der Waals surface area contributed by atoms with Crippen LogP contribution < -0.4 is 0 Å². The van der Waals surface area contributed by atoms with E-state index in [2.05, 4.69) is 4.98 Å². The molecule has 0 radical (unpaired) electrons. The van der Waals surface area contributed by atoms with E-state index in [-0.39, 0.29) is 18.3 Å². The fraction of sp³-hybridized carbons (Fsp3) is 0.692. The lowest BCUT2D eigenvalue weighted by molar-refractivity contribution is -0.183. The summed E-state index contributed by atoms with van der Waals surface area (Å²) in [5.74, 6) is -0.511. The number of fused-ring (bicyclic) bond motifs is 2. The van der Waals surface area contributed by atoms with Crippen molar-refractivity contribution in [3.63, 3.8) is 0 Å².